The standard InChI is InChI=1S/C19H18NO2.HI/c1-14-11-16-5-3-4-6-17(16)12-20(14)13-19(21)15-7-9-18(22-2)10-8-15;/h3-12H,13H2,1-2H3;1H/q+1;/p-1. The second-order valence-corrected chi connectivity index (χ2v) is 5.32. The van der Waals surface area contributed by atoms with Crippen molar-refractivity contribution < 1.29 is 38.1 Å². The van der Waals surface area contributed by atoms with E-state index in [0.29, 0.717) is 12.1 Å². The second-order valence-electron chi connectivity index (χ2n) is 5.32. The van der Waals surface area contributed by atoms with Crippen molar-refractivity contribution in [1.82, 2.24) is 0 Å². The number of carbonyl (C=O) groups is 1. The molecular weight excluding hydrogens is 401 g/mol. The van der Waals surface area contributed by atoms with Crippen LogP contribution in [0.25, 0.3) is 10.8 Å². The van der Waals surface area contributed by atoms with E-state index in [1.165, 1.54) is 5.39 Å². The Bertz CT molecular complexity index is 828. The fourth-order valence-corrected chi connectivity index (χ4v) is 2.53. The maximum absolute atomic E-state index is 12.4. The Labute approximate surface area is 152 Å². The van der Waals surface area contributed by atoms with Gasteiger partial charge in [0.25, 0.3) is 0 Å². The highest BCUT2D eigenvalue weighted by atomic mass is 127. The third-order valence-corrected chi connectivity index (χ3v) is 3.83. The van der Waals surface area contributed by atoms with E-state index < -0.39 is 0 Å². The highest BCUT2D eigenvalue weighted by Crippen LogP contribution is 2.14. The number of Topliss-reactive ketones (excluding diaryl/α,β-unsaturated/α-hetero) is 1. The molecule has 3 nitrogen and oxygen atoms in total. The number of ether oxygens (including phenoxy) is 1. The highest BCUT2D eigenvalue weighted by molar-refractivity contribution is 5.95. The zero-order valence-electron chi connectivity index (χ0n) is 13.1. The smallest absolute Gasteiger partial charge is 0.227 e. The number of hydrogen-bond acceptors (Lipinski definition) is 2. The van der Waals surface area contributed by atoms with Gasteiger partial charge < -0.3 is 28.7 Å². The van der Waals surface area contributed by atoms with E-state index in [0.717, 1.165) is 16.8 Å². The van der Waals surface area contributed by atoms with Gasteiger partial charge in [0, 0.05) is 23.9 Å². The number of fused-ring (bicyclic) bond motifs is 1. The molecule has 0 saturated carbocycles. The number of benzene rings is 2. The van der Waals surface area contributed by atoms with Gasteiger partial charge in [0.1, 0.15) is 5.75 Å². The molecule has 0 fully saturated rings. The van der Waals surface area contributed by atoms with E-state index in [9.17, 15) is 4.79 Å². The van der Waals surface area contributed by atoms with Crippen molar-refractivity contribution in [3.05, 3.63) is 72.1 Å². The number of ketones is 1. The van der Waals surface area contributed by atoms with Gasteiger partial charge in [0.05, 0.1) is 7.11 Å². The molecule has 0 saturated heterocycles. The van der Waals surface area contributed by atoms with Crippen molar-refractivity contribution in [2.45, 2.75) is 13.5 Å². The Morgan fingerprint density at radius 1 is 1.04 bits per heavy atom. The van der Waals surface area contributed by atoms with Crippen LogP contribution in [0.15, 0.2) is 60.8 Å². The Morgan fingerprint density at radius 2 is 1.70 bits per heavy atom. The Hall–Kier alpha value is -1.95. The van der Waals surface area contributed by atoms with Crippen LogP contribution in [0, 0.1) is 6.92 Å². The van der Waals surface area contributed by atoms with Crippen molar-refractivity contribution in [2.75, 3.05) is 7.11 Å². The maximum atomic E-state index is 12.4. The number of methoxy groups -OCH3 is 1. The molecule has 0 N–H and O–H groups in total. The summed E-state index contributed by atoms with van der Waals surface area (Å²) in [5, 5.41) is 2.32. The van der Waals surface area contributed by atoms with E-state index in [-0.39, 0.29) is 29.8 Å². The summed E-state index contributed by atoms with van der Waals surface area (Å²) in [6, 6.07) is 17.5. The molecule has 3 aromatic rings. The minimum absolute atomic E-state index is 0. The number of aromatic nitrogens is 1. The first-order valence-corrected chi connectivity index (χ1v) is 7.23. The van der Waals surface area contributed by atoms with Crippen LogP contribution in [-0.4, -0.2) is 12.9 Å². The van der Waals surface area contributed by atoms with Crippen LogP contribution in [0.2, 0.25) is 0 Å². The van der Waals surface area contributed by atoms with Crippen molar-refractivity contribution >= 4 is 16.6 Å². The number of carbonyl (C=O) groups excluding carboxylic acids is 1. The SMILES string of the molecule is COc1ccc(C(=O)C[n+]2cc3ccccc3cc2C)cc1.[I-]. The van der Waals surface area contributed by atoms with Gasteiger partial charge in [-0.25, -0.2) is 0 Å². The van der Waals surface area contributed by atoms with E-state index in [2.05, 4.69) is 18.2 Å². The third-order valence-electron chi connectivity index (χ3n) is 3.83. The molecule has 0 aliphatic heterocycles. The first kappa shape index (κ1) is 17.4. The molecule has 0 unspecified atom stereocenters. The Morgan fingerprint density at radius 3 is 2.35 bits per heavy atom. The van der Waals surface area contributed by atoms with E-state index in [1.807, 2.05) is 42.0 Å². The Kier molecular flexibility index (Phi) is 5.71. The summed E-state index contributed by atoms with van der Waals surface area (Å²) in [5.74, 6) is 0.845. The number of hydrogen-bond donors (Lipinski definition) is 0. The maximum Gasteiger partial charge on any atom is 0.227 e. The first-order chi connectivity index (χ1) is 10.7. The summed E-state index contributed by atoms with van der Waals surface area (Å²) in [6.07, 6.45) is 2.03. The number of nitrogens with zero attached hydrogens (tertiary/aromatic N) is 1. The van der Waals surface area contributed by atoms with Crippen LogP contribution in [0.4, 0.5) is 0 Å². The van der Waals surface area contributed by atoms with Gasteiger partial charge in [0.2, 0.25) is 12.3 Å². The molecule has 1 heterocycles. The number of aryl methyl sites for hydroxylation is 1. The van der Waals surface area contributed by atoms with Crippen LogP contribution < -0.4 is 33.3 Å². The molecule has 0 aliphatic carbocycles. The van der Waals surface area contributed by atoms with Gasteiger partial charge in [-0.15, -0.1) is 0 Å². The summed E-state index contributed by atoms with van der Waals surface area (Å²) in [6.45, 7) is 2.36. The predicted molar refractivity (Wildman–Crippen MR) is 86.2 cm³/mol. The largest absolute Gasteiger partial charge is 1.00 e. The van der Waals surface area contributed by atoms with Crippen LogP contribution in [0.5, 0.6) is 5.75 Å². The molecule has 3 rings (SSSR count). The summed E-state index contributed by atoms with van der Waals surface area (Å²) in [4.78, 5) is 12.4. The van der Waals surface area contributed by atoms with Gasteiger partial charge in [0.15, 0.2) is 11.9 Å². The molecule has 118 valence electrons. The van der Waals surface area contributed by atoms with Crippen molar-refractivity contribution in [1.29, 1.82) is 0 Å². The monoisotopic (exact) mass is 419 g/mol. The fraction of sp³-hybridized carbons (Fsp3) is 0.158. The average molecular weight is 419 g/mol. The Balaban J connectivity index is 0.00000192. The van der Waals surface area contributed by atoms with E-state index >= 15 is 0 Å². The zero-order valence-corrected chi connectivity index (χ0v) is 15.3. The third kappa shape index (κ3) is 3.88. The van der Waals surface area contributed by atoms with Gasteiger partial charge >= 0.3 is 0 Å². The predicted octanol–water partition coefficient (Wildman–Crippen LogP) is 0.331. The van der Waals surface area contributed by atoms with Gasteiger partial charge in [-0.05, 0) is 35.7 Å². The number of pyridine rings is 1. The minimum atomic E-state index is 0. The van der Waals surface area contributed by atoms with Crippen LogP contribution in [-0.2, 0) is 6.54 Å². The van der Waals surface area contributed by atoms with Crippen molar-refractivity contribution in [2.24, 2.45) is 0 Å². The highest BCUT2D eigenvalue weighted by Gasteiger charge is 2.15. The number of rotatable bonds is 4. The van der Waals surface area contributed by atoms with E-state index in [4.69, 9.17) is 4.74 Å². The first-order valence-electron chi connectivity index (χ1n) is 7.23. The lowest BCUT2D eigenvalue weighted by atomic mass is 10.1. The average Bonchev–Trinajstić information content (AvgIpc) is 2.55. The second kappa shape index (κ2) is 7.55. The lowest BCUT2D eigenvalue weighted by molar-refractivity contribution is -0.687. The molecule has 0 radical (unpaired) electrons. The molecule has 0 spiro atoms. The molecule has 2 aromatic carbocycles. The summed E-state index contributed by atoms with van der Waals surface area (Å²) in [5.41, 5.74) is 1.77. The lowest BCUT2D eigenvalue weighted by Gasteiger charge is -2.04. The summed E-state index contributed by atoms with van der Waals surface area (Å²) >= 11 is 0. The van der Waals surface area contributed by atoms with Gasteiger partial charge in [-0.3, -0.25) is 4.79 Å². The molecule has 23 heavy (non-hydrogen) atoms. The topological polar surface area (TPSA) is 30.2 Å². The molecule has 0 bridgehead atoms. The molecule has 4 heteroatoms. The molecular formula is C19H18INO2. The fourth-order valence-electron chi connectivity index (χ4n) is 2.53. The zero-order chi connectivity index (χ0) is 15.5. The van der Waals surface area contributed by atoms with Crippen LogP contribution >= 0.6 is 0 Å². The lowest BCUT2D eigenvalue weighted by Crippen LogP contribution is -3.00. The normalized spacial score (nSPS) is 10.2. The molecule has 1 aromatic heterocycles. The van der Waals surface area contributed by atoms with Crippen molar-refractivity contribution in [3.8, 4) is 5.75 Å². The molecule has 0 atom stereocenters. The van der Waals surface area contributed by atoms with Gasteiger partial charge in [-0.2, -0.15) is 4.57 Å². The quantitative estimate of drug-likeness (QED) is 0.347. The van der Waals surface area contributed by atoms with Crippen molar-refractivity contribution in [3.63, 3.8) is 0 Å². The van der Waals surface area contributed by atoms with Crippen LogP contribution in [0.1, 0.15) is 16.1 Å². The van der Waals surface area contributed by atoms with E-state index in [1.54, 1.807) is 19.2 Å². The molecule has 0 aliphatic rings. The van der Waals surface area contributed by atoms with Gasteiger partial charge in [-0.1, -0.05) is 18.2 Å². The summed E-state index contributed by atoms with van der Waals surface area (Å²) < 4.78 is 7.11. The number of halogens is 1. The summed E-state index contributed by atoms with van der Waals surface area (Å²) in [7, 11) is 1.62. The van der Waals surface area contributed by atoms with Crippen LogP contribution in [0.3, 0.4) is 0 Å². The minimum Gasteiger partial charge on any atom is -1.00 e. The molecule has 0 amide bonds.